The van der Waals surface area contributed by atoms with Gasteiger partial charge in [0.25, 0.3) is 0 Å². The number of hydrazone groups is 1. The predicted octanol–water partition coefficient (Wildman–Crippen LogP) is 3.07. The fourth-order valence-corrected chi connectivity index (χ4v) is 2.34. The van der Waals surface area contributed by atoms with Gasteiger partial charge < -0.3 is 0 Å². The summed E-state index contributed by atoms with van der Waals surface area (Å²) >= 11 is 0. The van der Waals surface area contributed by atoms with E-state index in [2.05, 4.69) is 10.5 Å². The minimum atomic E-state index is -3.20. The van der Waals surface area contributed by atoms with E-state index in [4.69, 9.17) is 0 Å². The Morgan fingerprint density at radius 2 is 1.81 bits per heavy atom. The summed E-state index contributed by atoms with van der Waals surface area (Å²) < 4.78 is 35.8. The molecule has 0 fully saturated rings. The molecule has 0 aliphatic heterocycles. The van der Waals surface area contributed by atoms with Crippen molar-refractivity contribution in [3.63, 3.8) is 0 Å². The Kier molecular flexibility index (Phi) is 4.37. The van der Waals surface area contributed by atoms with Crippen molar-refractivity contribution in [3.8, 4) is 0 Å². The van der Waals surface area contributed by atoms with Gasteiger partial charge in [-0.1, -0.05) is 18.2 Å². The van der Waals surface area contributed by atoms with E-state index in [9.17, 15) is 12.8 Å². The van der Waals surface area contributed by atoms with E-state index >= 15 is 0 Å². The molecule has 0 saturated carbocycles. The van der Waals surface area contributed by atoms with E-state index in [1.54, 1.807) is 31.2 Å². The average Bonchev–Trinajstić information content (AvgIpc) is 2.44. The van der Waals surface area contributed by atoms with Crippen LogP contribution in [0.15, 0.2) is 58.5 Å². The van der Waals surface area contributed by atoms with Crippen molar-refractivity contribution < 1.29 is 12.8 Å². The molecule has 0 aliphatic carbocycles. The number of rotatable bonds is 4. The van der Waals surface area contributed by atoms with Gasteiger partial charge in [0, 0.05) is 6.26 Å². The first kappa shape index (κ1) is 15.2. The Labute approximate surface area is 123 Å². The van der Waals surface area contributed by atoms with Crippen LogP contribution >= 0.6 is 0 Å². The molecule has 110 valence electrons. The molecule has 6 heteroatoms. The summed E-state index contributed by atoms with van der Waals surface area (Å²) in [5, 5.41) is 4.15. The lowest BCUT2D eigenvalue weighted by Crippen LogP contribution is -2.02. The zero-order chi connectivity index (χ0) is 15.5. The van der Waals surface area contributed by atoms with Gasteiger partial charge in [-0.2, -0.15) is 5.10 Å². The van der Waals surface area contributed by atoms with Gasteiger partial charge in [-0.15, -0.1) is 0 Å². The smallest absolute Gasteiger partial charge is 0.175 e. The van der Waals surface area contributed by atoms with Crippen LogP contribution in [0.4, 0.5) is 10.1 Å². The van der Waals surface area contributed by atoms with E-state index in [0.717, 1.165) is 11.8 Å². The molecule has 0 radical (unpaired) electrons. The van der Waals surface area contributed by atoms with E-state index in [0.29, 0.717) is 11.4 Å². The molecule has 0 saturated heterocycles. The van der Waals surface area contributed by atoms with Gasteiger partial charge in [0.15, 0.2) is 9.84 Å². The number of hydrogen-bond donors (Lipinski definition) is 1. The first-order valence-electron chi connectivity index (χ1n) is 6.22. The van der Waals surface area contributed by atoms with Crippen LogP contribution in [0, 0.1) is 5.82 Å². The predicted molar refractivity (Wildman–Crippen MR) is 81.8 cm³/mol. The van der Waals surface area contributed by atoms with Crippen LogP contribution in [0.1, 0.15) is 12.5 Å². The first-order valence-corrected chi connectivity index (χ1v) is 8.12. The second-order valence-corrected chi connectivity index (χ2v) is 6.63. The Hall–Kier alpha value is -2.21. The van der Waals surface area contributed by atoms with Gasteiger partial charge in [-0.05, 0) is 42.8 Å². The van der Waals surface area contributed by atoms with Gasteiger partial charge in [0.05, 0.1) is 16.3 Å². The summed E-state index contributed by atoms with van der Waals surface area (Å²) in [6.07, 6.45) is 1.16. The van der Waals surface area contributed by atoms with E-state index in [1.165, 1.54) is 24.3 Å². The summed E-state index contributed by atoms with van der Waals surface area (Å²) in [7, 11) is -3.20. The summed E-state index contributed by atoms with van der Waals surface area (Å²) in [6, 6.07) is 12.4. The molecule has 0 aliphatic rings. The SMILES string of the molecule is C/C(=N\Nc1cccc(F)c1)c1ccc(S(C)(=O)=O)cc1. The van der Waals surface area contributed by atoms with Crippen LogP contribution in [0.5, 0.6) is 0 Å². The quantitative estimate of drug-likeness (QED) is 0.697. The highest BCUT2D eigenvalue weighted by atomic mass is 32.2. The van der Waals surface area contributed by atoms with Crippen molar-refractivity contribution >= 4 is 21.2 Å². The number of nitrogens with one attached hydrogen (secondary N) is 1. The van der Waals surface area contributed by atoms with Crippen LogP contribution in [0.25, 0.3) is 0 Å². The van der Waals surface area contributed by atoms with Crippen LogP contribution in [0.3, 0.4) is 0 Å². The third-order valence-electron chi connectivity index (χ3n) is 2.88. The minimum absolute atomic E-state index is 0.261. The Morgan fingerprint density at radius 3 is 2.38 bits per heavy atom. The standard InChI is InChI=1S/C15H15FN2O2S/c1-11(17-18-14-5-3-4-13(16)10-14)12-6-8-15(9-7-12)21(2,19)20/h3-10,18H,1-2H3/b17-11+. The molecule has 2 rings (SSSR count). The van der Waals surface area contributed by atoms with Crippen molar-refractivity contribution in [2.75, 3.05) is 11.7 Å². The molecular formula is C15H15FN2O2S. The molecule has 0 spiro atoms. The number of nitrogens with zero attached hydrogens (tertiary/aromatic N) is 1. The van der Waals surface area contributed by atoms with Gasteiger partial charge in [0.1, 0.15) is 5.82 Å². The first-order chi connectivity index (χ1) is 9.86. The molecule has 0 bridgehead atoms. The van der Waals surface area contributed by atoms with Crippen molar-refractivity contribution in [2.24, 2.45) is 5.10 Å². The lowest BCUT2D eigenvalue weighted by atomic mass is 10.1. The zero-order valence-electron chi connectivity index (χ0n) is 11.7. The molecule has 1 N–H and O–H groups in total. The van der Waals surface area contributed by atoms with Crippen molar-refractivity contribution in [2.45, 2.75) is 11.8 Å². The highest BCUT2D eigenvalue weighted by Gasteiger charge is 2.07. The van der Waals surface area contributed by atoms with Gasteiger partial charge in [-0.25, -0.2) is 12.8 Å². The third kappa shape index (κ3) is 4.13. The number of sulfone groups is 1. The molecule has 0 heterocycles. The van der Waals surface area contributed by atoms with Crippen molar-refractivity contribution in [3.05, 3.63) is 59.9 Å². The normalized spacial score (nSPS) is 12.2. The van der Waals surface area contributed by atoms with Crippen LogP contribution < -0.4 is 5.43 Å². The molecule has 4 nitrogen and oxygen atoms in total. The lowest BCUT2D eigenvalue weighted by molar-refractivity contribution is 0.602. The molecule has 21 heavy (non-hydrogen) atoms. The lowest BCUT2D eigenvalue weighted by Gasteiger charge is -2.05. The molecule has 0 aromatic heterocycles. The second kappa shape index (κ2) is 6.05. The van der Waals surface area contributed by atoms with Crippen molar-refractivity contribution in [1.29, 1.82) is 0 Å². The van der Waals surface area contributed by atoms with Gasteiger partial charge in [0.2, 0.25) is 0 Å². The summed E-state index contributed by atoms with van der Waals surface area (Å²) in [4.78, 5) is 0.261. The van der Waals surface area contributed by atoms with Crippen molar-refractivity contribution in [1.82, 2.24) is 0 Å². The number of hydrogen-bond acceptors (Lipinski definition) is 4. The zero-order valence-corrected chi connectivity index (χ0v) is 12.5. The maximum atomic E-state index is 13.0. The minimum Gasteiger partial charge on any atom is -0.278 e. The highest BCUT2D eigenvalue weighted by Crippen LogP contribution is 2.12. The Morgan fingerprint density at radius 1 is 1.14 bits per heavy atom. The molecule has 0 unspecified atom stereocenters. The number of anilines is 1. The van der Waals surface area contributed by atoms with Crippen LogP contribution in [-0.4, -0.2) is 20.4 Å². The summed E-state index contributed by atoms with van der Waals surface area (Å²) in [5.74, 6) is -0.342. The molecule has 0 amide bonds. The number of halogens is 1. The molecule has 2 aromatic carbocycles. The largest absolute Gasteiger partial charge is 0.278 e. The second-order valence-electron chi connectivity index (χ2n) is 4.62. The maximum absolute atomic E-state index is 13.0. The monoisotopic (exact) mass is 306 g/mol. The molecular weight excluding hydrogens is 291 g/mol. The van der Waals surface area contributed by atoms with E-state index < -0.39 is 9.84 Å². The summed E-state index contributed by atoms with van der Waals surface area (Å²) in [5.41, 5.74) is 4.75. The summed E-state index contributed by atoms with van der Waals surface area (Å²) in [6.45, 7) is 1.78. The average molecular weight is 306 g/mol. The Bertz CT molecular complexity index is 769. The fraction of sp³-hybridized carbons (Fsp3) is 0.133. The van der Waals surface area contributed by atoms with E-state index in [-0.39, 0.29) is 10.7 Å². The maximum Gasteiger partial charge on any atom is 0.175 e. The molecule has 0 atom stereocenters. The third-order valence-corrected chi connectivity index (χ3v) is 4.01. The van der Waals surface area contributed by atoms with Gasteiger partial charge in [-0.3, -0.25) is 5.43 Å². The fourth-order valence-electron chi connectivity index (χ4n) is 1.71. The topological polar surface area (TPSA) is 58.5 Å². The molecule has 2 aromatic rings. The van der Waals surface area contributed by atoms with Crippen LogP contribution in [0.2, 0.25) is 0 Å². The van der Waals surface area contributed by atoms with E-state index in [1.807, 2.05) is 0 Å². The van der Waals surface area contributed by atoms with Crippen LogP contribution in [-0.2, 0) is 9.84 Å². The highest BCUT2D eigenvalue weighted by molar-refractivity contribution is 7.90. The Balaban J connectivity index is 2.16. The van der Waals surface area contributed by atoms with Gasteiger partial charge >= 0.3 is 0 Å². The number of benzene rings is 2.